The number of Topliss-reactive ketones (excluding diaryl/α,β-unsaturated/α-hetero) is 1. The summed E-state index contributed by atoms with van der Waals surface area (Å²) in [5.41, 5.74) is 2.05. The van der Waals surface area contributed by atoms with Crippen molar-refractivity contribution >= 4 is 17.5 Å². The standard InChI is InChI=1S/C26H20F2N2O4/c27-14-2-1-13(20(28)10-14)9-15(31)11-19-24-18-12-16(3-5-21(18)34-25(19)24)33-22-7-8-29-26-17(22)4-6-23(32)30-26/h1-3,5,7-8,10,12,19,24-25H,4,6,9,11H2,(H,29,30,32)/t19-,24-,25+/m0/s1. The zero-order valence-corrected chi connectivity index (χ0v) is 18.0. The molecule has 6 nitrogen and oxygen atoms in total. The number of aromatic nitrogens is 1. The van der Waals surface area contributed by atoms with Crippen LogP contribution in [0.1, 0.15) is 35.4 Å². The van der Waals surface area contributed by atoms with E-state index in [4.69, 9.17) is 9.47 Å². The molecule has 0 bridgehead atoms. The Morgan fingerprint density at radius 1 is 1.15 bits per heavy atom. The van der Waals surface area contributed by atoms with Gasteiger partial charge >= 0.3 is 0 Å². The van der Waals surface area contributed by atoms with Gasteiger partial charge in [-0.15, -0.1) is 0 Å². The zero-order valence-electron chi connectivity index (χ0n) is 18.0. The summed E-state index contributed by atoms with van der Waals surface area (Å²) in [5.74, 6) is 1.17. The Labute approximate surface area is 193 Å². The normalized spacial score (nSPS) is 21.6. The maximum atomic E-state index is 13.9. The van der Waals surface area contributed by atoms with Gasteiger partial charge in [0.2, 0.25) is 5.91 Å². The number of hydrogen-bond acceptors (Lipinski definition) is 5. The molecule has 2 aromatic carbocycles. The number of halogens is 2. The highest BCUT2D eigenvalue weighted by atomic mass is 19.1. The van der Waals surface area contributed by atoms with Crippen LogP contribution in [0.15, 0.2) is 48.7 Å². The lowest BCUT2D eigenvalue weighted by Crippen LogP contribution is -2.20. The molecule has 0 radical (unpaired) electrons. The summed E-state index contributed by atoms with van der Waals surface area (Å²) in [4.78, 5) is 28.4. The van der Waals surface area contributed by atoms with Gasteiger partial charge in [0, 0.05) is 54.5 Å². The molecule has 1 N–H and O–H groups in total. The van der Waals surface area contributed by atoms with E-state index in [1.807, 2.05) is 18.2 Å². The van der Waals surface area contributed by atoms with Gasteiger partial charge in [0.1, 0.15) is 46.6 Å². The van der Waals surface area contributed by atoms with Crippen LogP contribution in [0.25, 0.3) is 0 Å². The Morgan fingerprint density at radius 3 is 2.88 bits per heavy atom. The van der Waals surface area contributed by atoms with E-state index < -0.39 is 11.6 Å². The molecule has 2 aliphatic heterocycles. The Bertz CT molecular complexity index is 1340. The number of pyridine rings is 1. The molecule has 1 saturated carbocycles. The van der Waals surface area contributed by atoms with Crippen LogP contribution in [-0.2, 0) is 22.4 Å². The Hall–Kier alpha value is -3.81. The molecule has 3 aliphatic rings. The summed E-state index contributed by atoms with van der Waals surface area (Å²) < 4.78 is 39.1. The van der Waals surface area contributed by atoms with Crippen LogP contribution in [0.5, 0.6) is 17.2 Å². The minimum atomic E-state index is -0.703. The van der Waals surface area contributed by atoms with Crippen molar-refractivity contribution in [3.63, 3.8) is 0 Å². The molecule has 8 heteroatoms. The van der Waals surface area contributed by atoms with Gasteiger partial charge in [0.25, 0.3) is 0 Å². The summed E-state index contributed by atoms with van der Waals surface area (Å²) in [6.07, 6.45) is 2.67. The van der Waals surface area contributed by atoms with Gasteiger partial charge in [0.05, 0.1) is 0 Å². The van der Waals surface area contributed by atoms with Crippen LogP contribution < -0.4 is 14.8 Å². The smallest absolute Gasteiger partial charge is 0.225 e. The number of carbonyl (C=O) groups excluding carboxylic acids is 2. The molecule has 172 valence electrons. The highest BCUT2D eigenvalue weighted by molar-refractivity contribution is 5.93. The predicted molar refractivity (Wildman–Crippen MR) is 118 cm³/mol. The summed E-state index contributed by atoms with van der Waals surface area (Å²) in [5, 5.41) is 2.76. The summed E-state index contributed by atoms with van der Waals surface area (Å²) in [7, 11) is 0. The largest absolute Gasteiger partial charge is 0.489 e. The van der Waals surface area contributed by atoms with E-state index in [0.717, 1.165) is 29.0 Å². The molecule has 3 atom stereocenters. The van der Waals surface area contributed by atoms with Gasteiger partial charge in [0.15, 0.2) is 0 Å². The molecule has 3 aromatic rings. The van der Waals surface area contributed by atoms with Gasteiger partial charge < -0.3 is 14.8 Å². The maximum Gasteiger partial charge on any atom is 0.225 e. The summed E-state index contributed by atoms with van der Waals surface area (Å²) in [6.45, 7) is 0. The molecule has 0 spiro atoms. The number of anilines is 1. The third-order valence-electron chi connectivity index (χ3n) is 6.67. The third-order valence-corrected chi connectivity index (χ3v) is 6.67. The van der Waals surface area contributed by atoms with E-state index in [0.29, 0.717) is 30.2 Å². The van der Waals surface area contributed by atoms with Crippen LogP contribution >= 0.6 is 0 Å². The van der Waals surface area contributed by atoms with Crippen LogP contribution in [0, 0.1) is 17.6 Å². The van der Waals surface area contributed by atoms with E-state index >= 15 is 0 Å². The first-order chi connectivity index (χ1) is 16.5. The number of hydrogen-bond donors (Lipinski definition) is 1. The van der Waals surface area contributed by atoms with Crippen molar-refractivity contribution in [2.24, 2.45) is 5.92 Å². The van der Waals surface area contributed by atoms with Crippen molar-refractivity contribution < 1.29 is 27.8 Å². The van der Waals surface area contributed by atoms with Crippen molar-refractivity contribution in [3.8, 4) is 17.2 Å². The molecule has 1 aliphatic carbocycles. The molecular formula is C26H20F2N2O4. The van der Waals surface area contributed by atoms with E-state index in [1.165, 1.54) is 6.07 Å². The minimum Gasteiger partial charge on any atom is -0.489 e. The lowest BCUT2D eigenvalue weighted by molar-refractivity contribution is -0.119. The Morgan fingerprint density at radius 2 is 2.03 bits per heavy atom. The summed E-state index contributed by atoms with van der Waals surface area (Å²) >= 11 is 0. The number of amides is 1. The maximum absolute atomic E-state index is 13.9. The fraction of sp³-hybridized carbons (Fsp3) is 0.269. The lowest BCUT2D eigenvalue weighted by Gasteiger charge is -2.19. The average Bonchev–Trinajstić information content (AvgIpc) is 3.32. The second-order valence-corrected chi connectivity index (χ2v) is 8.91. The van der Waals surface area contributed by atoms with E-state index in [2.05, 4.69) is 10.3 Å². The van der Waals surface area contributed by atoms with E-state index in [1.54, 1.807) is 12.3 Å². The van der Waals surface area contributed by atoms with Crippen LogP contribution in [0.2, 0.25) is 0 Å². The molecule has 1 amide bonds. The van der Waals surface area contributed by atoms with Crippen molar-refractivity contribution in [2.75, 3.05) is 5.32 Å². The molecule has 34 heavy (non-hydrogen) atoms. The Balaban J connectivity index is 1.15. The van der Waals surface area contributed by atoms with E-state index in [9.17, 15) is 18.4 Å². The van der Waals surface area contributed by atoms with Crippen LogP contribution in [0.4, 0.5) is 14.6 Å². The number of nitrogens with one attached hydrogen (secondary N) is 1. The topological polar surface area (TPSA) is 77.5 Å². The number of fused-ring (bicyclic) bond motifs is 4. The molecule has 0 unspecified atom stereocenters. The highest BCUT2D eigenvalue weighted by Crippen LogP contribution is 2.60. The zero-order chi connectivity index (χ0) is 23.4. The number of nitrogens with zero attached hydrogens (tertiary/aromatic N) is 1. The van der Waals surface area contributed by atoms with Crippen LogP contribution in [0.3, 0.4) is 0 Å². The van der Waals surface area contributed by atoms with Crippen molar-refractivity contribution in [1.82, 2.24) is 4.98 Å². The first-order valence-corrected chi connectivity index (χ1v) is 11.2. The monoisotopic (exact) mass is 462 g/mol. The quantitative estimate of drug-likeness (QED) is 0.574. The lowest BCUT2D eigenvalue weighted by atomic mass is 10.0. The molecular weight excluding hydrogens is 442 g/mol. The second kappa shape index (κ2) is 7.90. The minimum absolute atomic E-state index is 0.0302. The van der Waals surface area contributed by atoms with Gasteiger partial charge in [-0.25, -0.2) is 13.8 Å². The fourth-order valence-corrected chi connectivity index (χ4v) is 4.95. The number of ether oxygens (including phenoxy) is 2. The first kappa shape index (κ1) is 20.8. The fourth-order valence-electron chi connectivity index (χ4n) is 4.95. The highest BCUT2D eigenvalue weighted by Gasteiger charge is 2.59. The van der Waals surface area contributed by atoms with Crippen molar-refractivity contribution in [2.45, 2.75) is 37.7 Å². The number of ketones is 1. The molecule has 1 aromatic heterocycles. The van der Waals surface area contributed by atoms with Crippen LogP contribution in [-0.4, -0.2) is 22.8 Å². The summed E-state index contributed by atoms with van der Waals surface area (Å²) in [6, 6.07) is 10.7. The van der Waals surface area contributed by atoms with Crippen molar-refractivity contribution in [3.05, 3.63) is 77.0 Å². The van der Waals surface area contributed by atoms with E-state index in [-0.39, 0.29) is 48.0 Å². The molecule has 3 heterocycles. The number of carbonyl (C=O) groups is 2. The van der Waals surface area contributed by atoms with Gasteiger partial charge in [-0.05, 0) is 42.3 Å². The Kier molecular flexibility index (Phi) is 4.83. The van der Waals surface area contributed by atoms with Gasteiger partial charge in [-0.1, -0.05) is 6.07 Å². The molecule has 6 rings (SSSR count). The predicted octanol–water partition coefficient (Wildman–Crippen LogP) is 4.71. The number of benzene rings is 2. The van der Waals surface area contributed by atoms with Gasteiger partial charge in [-0.2, -0.15) is 0 Å². The second-order valence-electron chi connectivity index (χ2n) is 8.91. The third kappa shape index (κ3) is 3.69. The van der Waals surface area contributed by atoms with Gasteiger partial charge in [-0.3, -0.25) is 9.59 Å². The first-order valence-electron chi connectivity index (χ1n) is 11.2. The SMILES string of the molecule is O=C(Cc1ccc(F)cc1F)C[C@@H]1[C@H]2Oc3ccc(Oc4ccnc5c4CCC(=O)N5)cc3[C@@H]12. The number of rotatable bonds is 6. The average molecular weight is 462 g/mol. The molecule has 1 fully saturated rings. The van der Waals surface area contributed by atoms with Crippen molar-refractivity contribution in [1.29, 1.82) is 0 Å². The molecule has 0 saturated heterocycles.